The van der Waals surface area contributed by atoms with Crippen molar-refractivity contribution in [2.75, 3.05) is 26.2 Å². The van der Waals surface area contributed by atoms with Gasteiger partial charge in [0, 0.05) is 41.2 Å². The smallest absolute Gasteiger partial charge is 0.0321 e. The van der Waals surface area contributed by atoms with E-state index in [0.29, 0.717) is 6.04 Å². The molecule has 1 fully saturated rings. The van der Waals surface area contributed by atoms with Crippen LogP contribution >= 0.6 is 31.9 Å². The van der Waals surface area contributed by atoms with Crippen molar-refractivity contribution in [1.29, 1.82) is 0 Å². The van der Waals surface area contributed by atoms with E-state index in [1.165, 1.54) is 5.56 Å². The highest BCUT2D eigenvalue weighted by Gasteiger charge is 2.18. The zero-order valence-corrected chi connectivity index (χ0v) is 12.5. The standard InChI is InChI=1S/C12H16Br2N2/c1-9(16-6-4-15-5-7-16)10-2-3-11(13)12(14)8-10/h2-3,8-9,15H,4-7H2,1H3/t9-/m0/s1. The van der Waals surface area contributed by atoms with Gasteiger partial charge in [-0.05, 0) is 56.5 Å². The highest BCUT2D eigenvalue weighted by molar-refractivity contribution is 9.13. The Balaban J connectivity index is 2.12. The Morgan fingerprint density at radius 3 is 2.50 bits per heavy atom. The van der Waals surface area contributed by atoms with Gasteiger partial charge in [-0.2, -0.15) is 0 Å². The first-order valence-corrected chi connectivity index (χ1v) is 7.17. The van der Waals surface area contributed by atoms with Gasteiger partial charge >= 0.3 is 0 Å². The third-order valence-corrected chi connectivity index (χ3v) is 5.01. The van der Waals surface area contributed by atoms with E-state index in [0.717, 1.165) is 35.1 Å². The first kappa shape index (κ1) is 12.6. The van der Waals surface area contributed by atoms with Crippen molar-refractivity contribution < 1.29 is 0 Å². The molecule has 4 heteroatoms. The Hall–Kier alpha value is 0.1000. The lowest BCUT2D eigenvalue weighted by molar-refractivity contribution is 0.185. The number of piperazine rings is 1. The summed E-state index contributed by atoms with van der Waals surface area (Å²) in [5, 5.41) is 3.38. The SMILES string of the molecule is C[C@@H](c1ccc(Br)c(Br)c1)N1CCNCC1. The van der Waals surface area contributed by atoms with Crippen molar-refractivity contribution in [2.24, 2.45) is 0 Å². The molecule has 0 bridgehead atoms. The van der Waals surface area contributed by atoms with Crippen LogP contribution in [0.4, 0.5) is 0 Å². The van der Waals surface area contributed by atoms with E-state index in [4.69, 9.17) is 0 Å². The maximum absolute atomic E-state index is 3.56. The molecular formula is C12H16Br2N2. The maximum atomic E-state index is 3.56. The van der Waals surface area contributed by atoms with Crippen molar-refractivity contribution in [2.45, 2.75) is 13.0 Å². The molecule has 1 aromatic rings. The van der Waals surface area contributed by atoms with Crippen LogP contribution in [0.5, 0.6) is 0 Å². The van der Waals surface area contributed by atoms with Gasteiger partial charge in [-0.3, -0.25) is 4.90 Å². The molecule has 1 aliphatic rings. The quantitative estimate of drug-likeness (QED) is 0.883. The van der Waals surface area contributed by atoms with E-state index < -0.39 is 0 Å². The second kappa shape index (κ2) is 5.63. The number of nitrogens with one attached hydrogen (secondary N) is 1. The summed E-state index contributed by atoms with van der Waals surface area (Å²) < 4.78 is 2.25. The van der Waals surface area contributed by atoms with Crippen molar-refractivity contribution in [1.82, 2.24) is 10.2 Å². The monoisotopic (exact) mass is 346 g/mol. The van der Waals surface area contributed by atoms with Crippen LogP contribution in [0.1, 0.15) is 18.5 Å². The fourth-order valence-electron chi connectivity index (χ4n) is 2.05. The lowest BCUT2D eigenvalue weighted by atomic mass is 10.1. The van der Waals surface area contributed by atoms with Crippen LogP contribution in [0.3, 0.4) is 0 Å². The Bertz CT molecular complexity index is 362. The lowest BCUT2D eigenvalue weighted by Gasteiger charge is -2.33. The van der Waals surface area contributed by atoms with E-state index in [9.17, 15) is 0 Å². The Morgan fingerprint density at radius 2 is 1.88 bits per heavy atom. The second-order valence-corrected chi connectivity index (χ2v) is 5.84. The van der Waals surface area contributed by atoms with Gasteiger partial charge in [-0.1, -0.05) is 6.07 Å². The average molecular weight is 348 g/mol. The van der Waals surface area contributed by atoms with Crippen LogP contribution in [0.15, 0.2) is 27.1 Å². The average Bonchev–Trinajstić information content (AvgIpc) is 2.33. The molecule has 0 unspecified atom stereocenters. The normalized spacial score (nSPS) is 19.7. The van der Waals surface area contributed by atoms with Crippen LogP contribution in [0.25, 0.3) is 0 Å². The molecule has 0 saturated carbocycles. The van der Waals surface area contributed by atoms with Crippen molar-refractivity contribution in [3.8, 4) is 0 Å². The molecule has 16 heavy (non-hydrogen) atoms. The minimum Gasteiger partial charge on any atom is -0.314 e. The number of hydrogen-bond donors (Lipinski definition) is 1. The second-order valence-electron chi connectivity index (χ2n) is 4.14. The van der Waals surface area contributed by atoms with Gasteiger partial charge in [0.05, 0.1) is 0 Å². The summed E-state index contributed by atoms with van der Waals surface area (Å²) in [6.07, 6.45) is 0. The summed E-state index contributed by atoms with van der Waals surface area (Å²) in [6, 6.07) is 7.00. The summed E-state index contributed by atoms with van der Waals surface area (Å²) in [5.41, 5.74) is 1.37. The summed E-state index contributed by atoms with van der Waals surface area (Å²) >= 11 is 7.06. The first-order valence-electron chi connectivity index (χ1n) is 5.58. The third-order valence-electron chi connectivity index (χ3n) is 3.13. The summed E-state index contributed by atoms with van der Waals surface area (Å²) in [6.45, 7) is 6.74. The van der Waals surface area contributed by atoms with E-state index in [1.54, 1.807) is 0 Å². The van der Waals surface area contributed by atoms with E-state index >= 15 is 0 Å². The Kier molecular flexibility index (Phi) is 4.41. The number of nitrogens with zero attached hydrogens (tertiary/aromatic N) is 1. The number of rotatable bonds is 2. The summed E-state index contributed by atoms with van der Waals surface area (Å²) in [5.74, 6) is 0. The number of benzene rings is 1. The molecule has 0 aromatic heterocycles. The lowest BCUT2D eigenvalue weighted by Crippen LogP contribution is -2.44. The molecule has 88 valence electrons. The van der Waals surface area contributed by atoms with Crippen molar-refractivity contribution in [3.63, 3.8) is 0 Å². The third kappa shape index (κ3) is 2.86. The first-order chi connectivity index (χ1) is 7.68. The molecule has 1 atom stereocenters. The highest BCUT2D eigenvalue weighted by atomic mass is 79.9. The molecular weight excluding hydrogens is 332 g/mol. The minimum absolute atomic E-state index is 0.492. The number of halogens is 2. The zero-order chi connectivity index (χ0) is 11.5. The van der Waals surface area contributed by atoms with E-state index in [-0.39, 0.29) is 0 Å². The fourth-order valence-corrected chi connectivity index (χ4v) is 2.70. The van der Waals surface area contributed by atoms with Crippen LogP contribution in [0.2, 0.25) is 0 Å². The van der Waals surface area contributed by atoms with Gasteiger partial charge < -0.3 is 5.32 Å². The molecule has 0 radical (unpaired) electrons. The van der Waals surface area contributed by atoms with E-state index in [1.807, 2.05) is 0 Å². The minimum atomic E-state index is 0.492. The van der Waals surface area contributed by atoms with Gasteiger partial charge in [-0.25, -0.2) is 0 Å². The molecule has 0 spiro atoms. The molecule has 2 nitrogen and oxygen atoms in total. The molecule has 2 rings (SSSR count). The molecule has 1 heterocycles. The summed E-state index contributed by atoms with van der Waals surface area (Å²) in [7, 11) is 0. The molecule has 1 N–H and O–H groups in total. The fraction of sp³-hybridized carbons (Fsp3) is 0.500. The van der Waals surface area contributed by atoms with E-state index in [2.05, 4.69) is 67.2 Å². The highest BCUT2D eigenvalue weighted by Crippen LogP contribution is 2.28. The topological polar surface area (TPSA) is 15.3 Å². The van der Waals surface area contributed by atoms with Crippen molar-refractivity contribution >= 4 is 31.9 Å². The maximum Gasteiger partial charge on any atom is 0.0321 e. The van der Waals surface area contributed by atoms with Crippen LogP contribution < -0.4 is 5.32 Å². The molecule has 1 saturated heterocycles. The zero-order valence-electron chi connectivity index (χ0n) is 9.34. The molecule has 0 aliphatic carbocycles. The molecule has 1 aromatic carbocycles. The van der Waals surface area contributed by atoms with Gasteiger partial charge in [-0.15, -0.1) is 0 Å². The van der Waals surface area contributed by atoms with Crippen LogP contribution in [0, 0.1) is 0 Å². The summed E-state index contributed by atoms with van der Waals surface area (Å²) in [4.78, 5) is 2.52. The predicted molar refractivity (Wildman–Crippen MR) is 74.7 cm³/mol. The Morgan fingerprint density at radius 1 is 1.19 bits per heavy atom. The van der Waals surface area contributed by atoms with Crippen LogP contribution in [-0.2, 0) is 0 Å². The van der Waals surface area contributed by atoms with Gasteiger partial charge in [0.2, 0.25) is 0 Å². The van der Waals surface area contributed by atoms with Gasteiger partial charge in [0.15, 0.2) is 0 Å². The largest absolute Gasteiger partial charge is 0.314 e. The Labute approximate surface area is 114 Å². The molecule has 1 aliphatic heterocycles. The molecule has 0 amide bonds. The van der Waals surface area contributed by atoms with Gasteiger partial charge in [0.25, 0.3) is 0 Å². The predicted octanol–water partition coefficient (Wildman–Crippen LogP) is 3.18. The van der Waals surface area contributed by atoms with Gasteiger partial charge in [0.1, 0.15) is 0 Å². The van der Waals surface area contributed by atoms with Crippen LogP contribution in [-0.4, -0.2) is 31.1 Å². The van der Waals surface area contributed by atoms with Crippen molar-refractivity contribution in [3.05, 3.63) is 32.7 Å². The number of hydrogen-bond acceptors (Lipinski definition) is 2.